The number of hydrogen-bond donors (Lipinski definition) is 7. The molecule has 0 saturated carbocycles. The SMILES string of the molecule is CC(NC(=O)C(N)CC(=O)O)C(=O)NC(Cc1ccccc1)C(=O)NC(CS)C(=O)O. The highest BCUT2D eigenvalue weighted by atomic mass is 32.1. The number of aliphatic carboxylic acids is 2. The number of benzene rings is 1. The number of carboxylic acids is 2. The van der Waals surface area contributed by atoms with E-state index in [0.29, 0.717) is 5.56 Å². The lowest BCUT2D eigenvalue weighted by Crippen LogP contribution is -2.57. The summed E-state index contributed by atoms with van der Waals surface area (Å²) < 4.78 is 0. The van der Waals surface area contributed by atoms with Gasteiger partial charge in [-0.15, -0.1) is 0 Å². The molecule has 0 heterocycles. The Morgan fingerprint density at radius 1 is 0.935 bits per heavy atom. The van der Waals surface area contributed by atoms with Crippen LogP contribution in [0.5, 0.6) is 0 Å². The average molecular weight is 455 g/mol. The topological polar surface area (TPSA) is 188 Å². The van der Waals surface area contributed by atoms with Crippen molar-refractivity contribution >= 4 is 42.3 Å². The van der Waals surface area contributed by atoms with Crippen LogP contribution in [0.15, 0.2) is 30.3 Å². The minimum Gasteiger partial charge on any atom is -0.481 e. The summed E-state index contributed by atoms with van der Waals surface area (Å²) in [6, 6.07) is 3.86. The van der Waals surface area contributed by atoms with Gasteiger partial charge < -0.3 is 31.9 Å². The van der Waals surface area contributed by atoms with E-state index in [2.05, 4.69) is 28.6 Å². The first-order valence-electron chi connectivity index (χ1n) is 9.31. The van der Waals surface area contributed by atoms with Crippen LogP contribution in [0, 0.1) is 0 Å². The Kier molecular flexibility index (Phi) is 10.5. The van der Waals surface area contributed by atoms with Crippen molar-refractivity contribution in [3.05, 3.63) is 35.9 Å². The molecule has 0 radical (unpaired) electrons. The Bertz CT molecular complexity index is 806. The molecule has 0 aliphatic heterocycles. The molecule has 1 rings (SSSR count). The number of rotatable bonds is 12. The highest BCUT2D eigenvalue weighted by Gasteiger charge is 2.28. The fourth-order valence-electron chi connectivity index (χ4n) is 2.48. The molecular weight excluding hydrogens is 428 g/mol. The quantitative estimate of drug-likeness (QED) is 0.186. The molecule has 3 amide bonds. The lowest BCUT2D eigenvalue weighted by Gasteiger charge is -2.23. The van der Waals surface area contributed by atoms with E-state index >= 15 is 0 Å². The monoisotopic (exact) mass is 454 g/mol. The maximum absolute atomic E-state index is 12.6. The zero-order valence-electron chi connectivity index (χ0n) is 16.8. The second kappa shape index (κ2) is 12.5. The van der Waals surface area contributed by atoms with Crippen molar-refractivity contribution < 1.29 is 34.2 Å². The maximum Gasteiger partial charge on any atom is 0.327 e. The highest BCUT2D eigenvalue weighted by molar-refractivity contribution is 7.80. The van der Waals surface area contributed by atoms with Gasteiger partial charge in [0.25, 0.3) is 0 Å². The number of carbonyl (C=O) groups is 5. The van der Waals surface area contributed by atoms with E-state index in [1.165, 1.54) is 6.92 Å². The van der Waals surface area contributed by atoms with E-state index < -0.39 is 60.2 Å². The third-order valence-corrected chi connectivity index (χ3v) is 4.56. The summed E-state index contributed by atoms with van der Waals surface area (Å²) in [5, 5.41) is 24.9. The lowest BCUT2D eigenvalue weighted by atomic mass is 10.0. The van der Waals surface area contributed by atoms with Crippen LogP contribution in [0.1, 0.15) is 18.9 Å². The first-order valence-corrected chi connectivity index (χ1v) is 9.94. The van der Waals surface area contributed by atoms with Crippen molar-refractivity contribution in [2.75, 3.05) is 5.75 Å². The zero-order chi connectivity index (χ0) is 23.6. The van der Waals surface area contributed by atoms with Crippen molar-refractivity contribution in [1.29, 1.82) is 0 Å². The second-order valence-electron chi connectivity index (χ2n) is 6.77. The van der Waals surface area contributed by atoms with Crippen LogP contribution in [0.3, 0.4) is 0 Å². The molecule has 170 valence electrons. The zero-order valence-corrected chi connectivity index (χ0v) is 17.7. The van der Waals surface area contributed by atoms with Crippen molar-refractivity contribution in [2.24, 2.45) is 5.73 Å². The summed E-state index contributed by atoms with van der Waals surface area (Å²) in [7, 11) is 0. The molecule has 0 fully saturated rings. The summed E-state index contributed by atoms with van der Waals surface area (Å²) in [6.07, 6.45) is -0.546. The van der Waals surface area contributed by atoms with Gasteiger partial charge in [-0.2, -0.15) is 12.6 Å². The van der Waals surface area contributed by atoms with Crippen molar-refractivity contribution in [2.45, 2.75) is 43.9 Å². The molecule has 0 spiro atoms. The summed E-state index contributed by atoms with van der Waals surface area (Å²) in [6.45, 7) is 1.34. The summed E-state index contributed by atoms with van der Waals surface area (Å²) in [4.78, 5) is 58.9. The van der Waals surface area contributed by atoms with Gasteiger partial charge >= 0.3 is 11.9 Å². The van der Waals surface area contributed by atoms with E-state index in [4.69, 9.17) is 15.9 Å². The Morgan fingerprint density at radius 2 is 1.52 bits per heavy atom. The summed E-state index contributed by atoms with van der Waals surface area (Å²) in [5.74, 6) is -5.00. The van der Waals surface area contributed by atoms with Crippen molar-refractivity contribution in [3.63, 3.8) is 0 Å². The molecule has 12 heteroatoms. The molecule has 11 nitrogen and oxygen atoms in total. The Morgan fingerprint density at radius 3 is 2.03 bits per heavy atom. The molecule has 0 aromatic heterocycles. The van der Waals surface area contributed by atoms with Crippen LogP contribution in [0.4, 0.5) is 0 Å². The smallest absolute Gasteiger partial charge is 0.327 e. The van der Waals surface area contributed by atoms with Gasteiger partial charge in [-0.25, -0.2) is 4.79 Å². The van der Waals surface area contributed by atoms with Crippen LogP contribution in [0.25, 0.3) is 0 Å². The lowest BCUT2D eigenvalue weighted by molar-refractivity contribution is -0.141. The van der Waals surface area contributed by atoms with Gasteiger partial charge in [-0.1, -0.05) is 30.3 Å². The average Bonchev–Trinajstić information content (AvgIpc) is 2.71. The first kappa shape index (κ1) is 25.9. The molecule has 1 aromatic carbocycles. The molecule has 31 heavy (non-hydrogen) atoms. The fraction of sp³-hybridized carbons (Fsp3) is 0.421. The van der Waals surface area contributed by atoms with Crippen molar-refractivity contribution in [3.8, 4) is 0 Å². The third kappa shape index (κ3) is 9.05. The van der Waals surface area contributed by atoms with Gasteiger partial charge in [0.1, 0.15) is 18.1 Å². The fourth-order valence-corrected chi connectivity index (χ4v) is 2.73. The Labute approximate surface area is 184 Å². The third-order valence-electron chi connectivity index (χ3n) is 4.20. The van der Waals surface area contributed by atoms with Crippen LogP contribution in [-0.4, -0.2) is 69.8 Å². The van der Waals surface area contributed by atoms with Gasteiger partial charge in [0.2, 0.25) is 17.7 Å². The highest BCUT2D eigenvalue weighted by Crippen LogP contribution is 2.05. The van der Waals surface area contributed by atoms with E-state index in [0.717, 1.165) is 0 Å². The van der Waals surface area contributed by atoms with E-state index in [1.54, 1.807) is 30.3 Å². The molecule has 0 aliphatic rings. The molecule has 4 atom stereocenters. The Balaban J connectivity index is 2.88. The maximum atomic E-state index is 12.6. The predicted octanol–water partition coefficient (Wildman–Crippen LogP) is -1.48. The van der Waals surface area contributed by atoms with E-state index in [9.17, 15) is 24.0 Å². The number of carboxylic acid groups (broad SMARTS) is 2. The van der Waals surface area contributed by atoms with Crippen LogP contribution in [0.2, 0.25) is 0 Å². The number of amides is 3. The number of carbonyl (C=O) groups excluding carboxylic acids is 3. The van der Waals surface area contributed by atoms with Gasteiger partial charge in [-0.3, -0.25) is 19.2 Å². The molecule has 7 N–H and O–H groups in total. The normalized spacial score (nSPS) is 14.4. The summed E-state index contributed by atoms with van der Waals surface area (Å²) >= 11 is 3.90. The Hall–Kier alpha value is -3.12. The van der Waals surface area contributed by atoms with E-state index in [1.807, 2.05) is 0 Å². The second-order valence-corrected chi connectivity index (χ2v) is 7.13. The number of hydrogen-bond acceptors (Lipinski definition) is 7. The molecule has 0 aliphatic carbocycles. The first-order chi connectivity index (χ1) is 14.5. The van der Waals surface area contributed by atoms with Gasteiger partial charge in [0.05, 0.1) is 12.5 Å². The number of nitrogens with one attached hydrogen (secondary N) is 3. The van der Waals surface area contributed by atoms with Crippen LogP contribution < -0.4 is 21.7 Å². The molecule has 4 unspecified atom stereocenters. The van der Waals surface area contributed by atoms with Gasteiger partial charge in [0.15, 0.2) is 0 Å². The minimum absolute atomic E-state index is 0.0660. The molecule has 1 aromatic rings. The molecule has 0 saturated heterocycles. The number of thiol groups is 1. The van der Waals surface area contributed by atoms with Gasteiger partial charge in [0, 0.05) is 12.2 Å². The molecule has 0 bridgehead atoms. The standard InChI is InChI=1S/C19H26N4O7S/c1-10(21-17(27)12(20)8-15(24)25)16(26)22-13(7-11-5-3-2-4-6-11)18(28)23-14(9-31)19(29)30/h2-6,10,12-14,31H,7-9,20H2,1H3,(H,21,27)(H,22,26)(H,23,28)(H,24,25)(H,29,30). The largest absolute Gasteiger partial charge is 0.481 e. The van der Waals surface area contributed by atoms with E-state index in [-0.39, 0.29) is 12.2 Å². The van der Waals surface area contributed by atoms with Crippen LogP contribution >= 0.6 is 12.6 Å². The summed E-state index contributed by atoms with van der Waals surface area (Å²) in [5.41, 5.74) is 6.17. The number of nitrogens with two attached hydrogens (primary N) is 1. The molecular formula is C19H26N4O7S. The van der Waals surface area contributed by atoms with Gasteiger partial charge in [-0.05, 0) is 12.5 Å². The van der Waals surface area contributed by atoms with Crippen LogP contribution in [-0.2, 0) is 30.4 Å². The minimum atomic E-state index is -1.34. The predicted molar refractivity (Wildman–Crippen MR) is 113 cm³/mol. The van der Waals surface area contributed by atoms with Crippen molar-refractivity contribution in [1.82, 2.24) is 16.0 Å².